The lowest BCUT2D eigenvalue weighted by molar-refractivity contribution is -0.147. The van der Waals surface area contributed by atoms with Crippen molar-refractivity contribution in [3.05, 3.63) is 42.1 Å². The molecule has 2 unspecified atom stereocenters. The minimum Gasteiger partial charge on any atom is -0.484 e. The number of amides is 3. The van der Waals surface area contributed by atoms with Crippen LogP contribution >= 0.6 is 9.24 Å². The van der Waals surface area contributed by atoms with E-state index in [4.69, 9.17) is 9.47 Å². The Hall–Kier alpha value is -2.12. The van der Waals surface area contributed by atoms with Crippen LogP contribution in [0.25, 0.3) is 0 Å². The van der Waals surface area contributed by atoms with Crippen LogP contribution in [0.2, 0.25) is 0 Å². The Labute approximate surface area is 205 Å². The number of nitrogens with zero attached hydrogens (tertiary/aromatic N) is 2. The predicted molar refractivity (Wildman–Crippen MR) is 136 cm³/mol. The van der Waals surface area contributed by atoms with Gasteiger partial charge in [0.25, 0.3) is 5.91 Å². The van der Waals surface area contributed by atoms with Crippen molar-refractivity contribution in [1.29, 1.82) is 0 Å². The number of halogens is 1. The van der Waals surface area contributed by atoms with Crippen LogP contribution in [0.3, 0.4) is 0 Å². The fourth-order valence-corrected chi connectivity index (χ4v) is 4.32. The quantitative estimate of drug-likeness (QED) is 0.382. The molecule has 1 aromatic rings. The summed E-state index contributed by atoms with van der Waals surface area (Å²) < 4.78 is 24.5. The third kappa shape index (κ3) is 7.44. The number of hydrogen-bond donors (Lipinski definition) is 1. The van der Waals surface area contributed by atoms with Crippen molar-refractivity contribution < 1.29 is 23.5 Å². The van der Waals surface area contributed by atoms with Crippen molar-refractivity contribution in [2.75, 3.05) is 26.2 Å². The van der Waals surface area contributed by atoms with Crippen LogP contribution in [-0.2, 0) is 14.7 Å². The molecule has 1 N–H and O–H groups in total. The van der Waals surface area contributed by atoms with Crippen LogP contribution in [0, 0.1) is 0 Å². The molecular weight excluding hydrogens is 455 g/mol. The third-order valence-corrected chi connectivity index (χ3v) is 6.39. The number of nitrogens with one attached hydrogen (secondary N) is 1. The zero-order valence-electron chi connectivity index (χ0n) is 20.6. The lowest BCUT2D eigenvalue weighted by Gasteiger charge is -2.42. The Balaban J connectivity index is 1.34. The molecule has 1 heterocycles. The molecule has 2 fully saturated rings. The maximum Gasteiger partial charge on any atom is 0.320 e. The molecule has 3 amide bonds. The van der Waals surface area contributed by atoms with Crippen LogP contribution in [0.15, 0.2) is 36.5 Å². The molecule has 0 spiro atoms. The zero-order chi connectivity index (χ0) is 25.1. The van der Waals surface area contributed by atoms with E-state index in [0.29, 0.717) is 50.3 Å². The van der Waals surface area contributed by atoms with Crippen LogP contribution in [-0.4, -0.2) is 73.7 Å². The molecule has 34 heavy (non-hydrogen) atoms. The number of rotatable bonds is 11. The molecule has 0 radical (unpaired) electrons. The van der Waals surface area contributed by atoms with Crippen LogP contribution in [0.1, 0.15) is 45.6 Å². The molecule has 1 aliphatic carbocycles. The number of carbonyl (C=O) groups excluding carboxylic acids is 2. The molecule has 1 aromatic carbocycles. The molecular formula is C24H36BFN3O4P. The second kappa shape index (κ2) is 10.7. The van der Waals surface area contributed by atoms with Crippen LogP contribution < -0.4 is 10.1 Å². The summed E-state index contributed by atoms with van der Waals surface area (Å²) in [6, 6.07) is 7.73. The van der Waals surface area contributed by atoms with Crippen molar-refractivity contribution in [2.45, 2.75) is 63.1 Å². The van der Waals surface area contributed by atoms with Crippen molar-refractivity contribution >= 4 is 29.0 Å². The normalized spacial score (nSPS) is 22.2. The van der Waals surface area contributed by atoms with Gasteiger partial charge in [-0.3, -0.25) is 4.79 Å². The smallest absolute Gasteiger partial charge is 0.320 e. The molecule has 1 aliphatic heterocycles. The Morgan fingerprint density at radius 3 is 2.50 bits per heavy atom. The van der Waals surface area contributed by atoms with Crippen molar-refractivity contribution in [1.82, 2.24) is 15.1 Å². The predicted octanol–water partition coefficient (Wildman–Crippen LogP) is 2.76. The highest BCUT2D eigenvalue weighted by Gasteiger charge is 2.42. The first-order valence-corrected chi connectivity index (χ1v) is 12.3. The van der Waals surface area contributed by atoms with E-state index >= 15 is 0 Å². The summed E-state index contributed by atoms with van der Waals surface area (Å²) in [5, 5.41) is 2.72. The van der Waals surface area contributed by atoms with Crippen molar-refractivity contribution in [2.24, 2.45) is 0 Å². The topological polar surface area (TPSA) is 71.1 Å². The highest BCUT2D eigenvalue weighted by Crippen LogP contribution is 2.33. The Morgan fingerprint density at radius 2 is 1.91 bits per heavy atom. The van der Waals surface area contributed by atoms with E-state index in [1.165, 1.54) is 14.8 Å². The molecule has 0 aromatic heterocycles. The zero-order valence-corrected chi connectivity index (χ0v) is 21.8. The largest absolute Gasteiger partial charge is 0.484 e. The van der Waals surface area contributed by atoms with E-state index in [2.05, 4.69) is 35.0 Å². The summed E-state index contributed by atoms with van der Waals surface area (Å²) in [5.41, 5.74) is 1.70. The Bertz CT molecular complexity index is 895. The van der Waals surface area contributed by atoms with Gasteiger partial charge in [-0.2, -0.15) is 0 Å². The summed E-state index contributed by atoms with van der Waals surface area (Å²) in [5.74, 6) is -1.31. The Morgan fingerprint density at radius 1 is 1.26 bits per heavy atom. The summed E-state index contributed by atoms with van der Waals surface area (Å²) in [6.07, 6.45) is 1.65. The maximum absolute atomic E-state index is 13.6. The molecule has 1 saturated heterocycles. The Kier molecular flexibility index (Phi) is 8.30. The van der Waals surface area contributed by atoms with Gasteiger partial charge in [0.15, 0.2) is 20.2 Å². The van der Waals surface area contributed by atoms with Gasteiger partial charge in [0.2, 0.25) is 0 Å². The second-order valence-corrected chi connectivity index (χ2v) is 11.6. The van der Waals surface area contributed by atoms with Gasteiger partial charge in [-0.05, 0) is 37.5 Å². The van der Waals surface area contributed by atoms with Gasteiger partial charge in [-0.1, -0.05) is 32.6 Å². The fraction of sp³-hybridized carbons (Fsp3) is 0.583. The summed E-state index contributed by atoms with van der Waals surface area (Å²) in [7, 11) is 4.19. The van der Waals surface area contributed by atoms with Gasteiger partial charge < -0.3 is 24.6 Å². The van der Waals surface area contributed by atoms with Crippen molar-refractivity contribution in [3.8, 4) is 5.75 Å². The summed E-state index contributed by atoms with van der Waals surface area (Å²) >= 11 is 0. The minimum absolute atomic E-state index is 0.0251. The lowest BCUT2D eigenvalue weighted by Crippen LogP contribution is -2.51. The summed E-state index contributed by atoms with van der Waals surface area (Å²) in [4.78, 5) is 28.5. The van der Waals surface area contributed by atoms with Gasteiger partial charge in [0.1, 0.15) is 5.75 Å². The van der Waals surface area contributed by atoms with Crippen LogP contribution in [0.4, 0.5) is 9.18 Å². The van der Waals surface area contributed by atoms with Crippen molar-refractivity contribution in [3.63, 3.8) is 0 Å². The van der Waals surface area contributed by atoms with Gasteiger partial charge in [-0.15, -0.1) is 9.24 Å². The molecule has 186 valence electrons. The monoisotopic (exact) mass is 491 g/mol. The standard InChI is InChI=1S/C24H36BFN3O4P/c1-16(27-21(30)15-32-19-7-5-17(6-8-19)23(2,3)34)9-10-28-11-12-29(22(28)31)18-13-20(14-18)33-24(4,25)26/h5-8,18,20H,1,9-15,25,34H2,2-4H3,(H,27,30). The SMILES string of the molecule is BC(C)(F)OC1CC(N2CCN(CCC(=C)NC(=O)COc3ccc(C(C)(C)P)cc3)C2=O)C1. The molecule has 7 nitrogen and oxygen atoms in total. The highest BCUT2D eigenvalue weighted by atomic mass is 31.0. The van der Waals surface area contributed by atoms with Crippen LogP contribution in [0.5, 0.6) is 5.75 Å². The molecule has 10 heteroatoms. The first kappa shape index (κ1) is 26.5. The van der Waals surface area contributed by atoms with E-state index < -0.39 is 5.75 Å². The van der Waals surface area contributed by atoms with E-state index in [1.807, 2.05) is 29.2 Å². The lowest BCUT2D eigenvalue weighted by atomic mass is 9.87. The first-order chi connectivity index (χ1) is 15.8. The molecule has 3 rings (SSSR count). The summed E-state index contributed by atoms with van der Waals surface area (Å²) in [6.45, 7) is 11.1. The molecule has 0 bridgehead atoms. The van der Waals surface area contributed by atoms with Gasteiger partial charge in [0, 0.05) is 43.0 Å². The fourth-order valence-electron chi connectivity index (χ4n) is 4.13. The number of urea groups is 1. The average Bonchev–Trinajstić information content (AvgIpc) is 3.06. The van der Waals surface area contributed by atoms with E-state index in [0.717, 1.165) is 5.56 Å². The molecule has 2 atom stereocenters. The van der Waals surface area contributed by atoms with E-state index in [-0.39, 0.29) is 35.8 Å². The maximum atomic E-state index is 13.6. The highest BCUT2D eigenvalue weighted by molar-refractivity contribution is 7.18. The average molecular weight is 491 g/mol. The van der Waals surface area contributed by atoms with Gasteiger partial charge in [0.05, 0.1) is 6.10 Å². The number of ether oxygens (including phenoxy) is 2. The number of benzene rings is 1. The molecule has 2 aliphatic rings. The third-order valence-electron chi connectivity index (χ3n) is 6.05. The number of alkyl halides is 1. The van der Waals surface area contributed by atoms with Gasteiger partial charge >= 0.3 is 6.03 Å². The molecule has 1 saturated carbocycles. The first-order valence-electron chi connectivity index (χ1n) is 11.7. The number of hydrogen-bond acceptors (Lipinski definition) is 4. The number of carbonyl (C=O) groups is 2. The second-order valence-electron chi connectivity index (χ2n) is 10.1. The van der Waals surface area contributed by atoms with E-state index in [9.17, 15) is 14.0 Å². The van der Waals surface area contributed by atoms with E-state index in [1.54, 1.807) is 4.90 Å². The minimum atomic E-state index is -1.65. The van der Waals surface area contributed by atoms with Gasteiger partial charge in [-0.25, -0.2) is 9.18 Å².